The van der Waals surface area contributed by atoms with E-state index >= 15 is 0 Å². The minimum Gasteiger partial charge on any atom is -0.294 e. The molecule has 0 unspecified atom stereocenters. The first-order valence-corrected chi connectivity index (χ1v) is 25.2. The van der Waals surface area contributed by atoms with Crippen molar-refractivity contribution in [1.29, 1.82) is 0 Å². The van der Waals surface area contributed by atoms with Gasteiger partial charge in [0, 0.05) is 35.3 Å². The Morgan fingerprint density at radius 3 is 1.78 bits per heavy atom. The van der Waals surface area contributed by atoms with Gasteiger partial charge >= 0.3 is 0 Å². The number of rotatable bonds is 5. The van der Waals surface area contributed by atoms with Crippen molar-refractivity contribution in [2.45, 2.75) is 84.2 Å². The molecule has 1 fully saturated rings. The molecule has 2 aliphatic carbocycles. The van der Waals surface area contributed by atoms with Gasteiger partial charge in [0.2, 0.25) is 0 Å². The van der Waals surface area contributed by atoms with E-state index in [0.717, 1.165) is 18.8 Å². The van der Waals surface area contributed by atoms with Crippen LogP contribution in [0.1, 0.15) is 19.3 Å². The highest BCUT2D eigenvalue weighted by atomic mass is 29.9. The van der Waals surface area contributed by atoms with E-state index in [0.29, 0.717) is 11.7 Å². The van der Waals surface area contributed by atoms with Gasteiger partial charge < -0.3 is 0 Å². The predicted molar refractivity (Wildman–Crippen MR) is 115 cm³/mol. The van der Waals surface area contributed by atoms with Crippen molar-refractivity contribution in [3.63, 3.8) is 0 Å². The molecule has 0 radical (unpaired) electrons. The van der Waals surface area contributed by atoms with Gasteiger partial charge in [-0.2, -0.15) is 0 Å². The molecule has 0 aromatic rings. The van der Waals surface area contributed by atoms with Crippen molar-refractivity contribution in [3.05, 3.63) is 11.6 Å². The second-order valence-corrected chi connectivity index (χ2v) is 52.5. The average Bonchev–Trinajstić information content (AvgIpc) is 2.71. The maximum absolute atomic E-state index is 13.0. The summed E-state index contributed by atoms with van der Waals surface area (Å²) in [5.74, 6) is 1.67. The molecule has 2 atom stereocenters. The van der Waals surface area contributed by atoms with Crippen LogP contribution in [-0.4, -0.2) is 35.2 Å². The Morgan fingerprint density at radius 1 is 0.870 bits per heavy atom. The molecule has 0 amide bonds. The summed E-state index contributed by atoms with van der Waals surface area (Å²) in [6.45, 7) is 22.3. The molecule has 132 valence electrons. The number of hydrogen-bond donors (Lipinski definition) is 0. The van der Waals surface area contributed by atoms with E-state index < -0.39 is 29.4 Å². The van der Waals surface area contributed by atoms with Crippen molar-refractivity contribution in [1.82, 2.24) is 0 Å². The molecule has 0 spiro atoms. The number of ketones is 1. The normalized spacial score (nSPS) is 26.5. The average molecular weight is 383 g/mol. The van der Waals surface area contributed by atoms with Crippen molar-refractivity contribution in [2.24, 2.45) is 11.8 Å². The minimum atomic E-state index is -1.43. The maximum Gasteiger partial charge on any atom is 0.161 e. The van der Waals surface area contributed by atoms with Crippen molar-refractivity contribution >= 4 is 35.2 Å². The lowest BCUT2D eigenvalue weighted by Gasteiger charge is -2.58. The second-order valence-electron chi connectivity index (χ2n) is 11.2. The molecule has 1 saturated carbocycles. The van der Waals surface area contributed by atoms with Crippen LogP contribution in [0, 0.1) is 11.8 Å². The summed E-state index contributed by atoms with van der Waals surface area (Å²) < 4.78 is 0. The summed E-state index contributed by atoms with van der Waals surface area (Å²) in [7, 11) is -3.83. The molecule has 0 aromatic heterocycles. The molecule has 0 saturated heterocycles. The largest absolute Gasteiger partial charge is 0.294 e. The Morgan fingerprint density at radius 2 is 1.35 bits per heavy atom. The molecular weight excluding hydrogens is 345 g/mol. The summed E-state index contributed by atoms with van der Waals surface area (Å²) >= 11 is 0. The second kappa shape index (κ2) is 5.92. The van der Waals surface area contributed by atoms with E-state index in [2.05, 4.69) is 65.0 Å². The number of hydrogen-bond acceptors (Lipinski definition) is 1. The summed E-state index contributed by atoms with van der Waals surface area (Å²) in [5, 5.41) is 0. The third-order valence-corrected chi connectivity index (χ3v) is 80.6. The molecule has 5 heteroatoms. The van der Waals surface area contributed by atoms with Crippen LogP contribution >= 0.6 is 0 Å². The molecule has 1 nitrogen and oxygen atoms in total. The van der Waals surface area contributed by atoms with Gasteiger partial charge in [0.15, 0.2) is 5.78 Å². The highest BCUT2D eigenvalue weighted by molar-refractivity contribution is 7.89. The van der Waals surface area contributed by atoms with Gasteiger partial charge in [0.25, 0.3) is 0 Å². The van der Waals surface area contributed by atoms with Crippen molar-refractivity contribution in [3.8, 4) is 0 Å². The fraction of sp³-hybridized carbons (Fsp3) is 0.833. The first-order valence-electron chi connectivity index (χ1n) is 9.45. The van der Waals surface area contributed by atoms with Crippen LogP contribution in [0.25, 0.3) is 0 Å². The number of carbonyl (C=O) groups is 1. The first-order chi connectivity index (χ1) is 10.2. The lowest BCUT2D eigenvalue weighted by Crippen LogP contribution is -2.82. The maximum atomic E-state index is 13.0. The lowest BCUT2D eigenvalue weighted by atomic mass is 9.89. The van der Waals surface area contributed by atoms with Crippen LogP contribution in [0.15, 0.2) is 11.6 Å². The van der Waals surface area contributed by atoms with E-state index in [1.165, 1.54) is 18.0 Å². The number of allylic oxidation sites excluding steroid dienone is 2. The molecule has 23 heavy (non-hydrogen) atoms. The number of carbonyl (C=O) groups excluding carboxylic acids is 1. The Bertz CT molecular complexity index is 481. The van der Waals surface area contributed by atoms with E-state index in [-0.39, 0.29) is 0 Å². The zero-order valence-corrected chi connectivity index (χ0v) is 21.0. The van der Waals surface area contributed by atoms with Crippen LogP contribution in [0.3, 0.4) is 0 Å². The smallest absolute Gasteiger partial charge is 0.161 e. The topological polar surface area (TPSA) is 17.1 Å². The zero-order valence-electron chi connectivity index (χ0n) is 17.0. The van der Waals surface area contributed by atoms with E-state index in [1.54, 1.807) is 0 Å². The van der Waals surface area contributed by atoms with Crippen LogP contribution < -0.4 is 0 Å². The van der Waals surface area contributed by atoms with Gasteiger partial charge in [0.05, 0.1) is 0 Å². The molecular formula is C18H38OSi4. The molecule has 2 aliphatic rings. The third kappa shape index (κ3) is 3.23. The van der Waals surface area contributed by atoms with Crippen LogP contribution in [0.5, 0.6) is 0 Å². The standard InChI is InChI=1S/C18H38OSi4/c1-20(2,3)23(21(4,5)6,22(7,8)9)14-17-13-15-10-11-16(12-15)18(17)19/h13,15-16H,10-12,14H2,1-9H3/t15-,16+/m1/s1. The fourth-order valence-electron chi connectivity index (χ4n) is 6.64. The number of Topliss-reactive ketones (excluding diaryl/α,β-unsaturated/α-hetero) is 1. The van der Waals surface area contributed by atoms with Gasteiger partial charge in [-0.15, -0.1) is 0 Å². The van der Waals surface area contributed by atoms with Gasteiger partial charge in [-0.05, 0) is 36.8 Å². The van der Waals surface area contributed by atoms with Gasteiger partial charge in [0.1, 0.15) is 0 Å². The van der Waals surface area contributed by atoms with E-state index in [4.69, 9.17) is 0 Å². The molecule has 2 rings (SSSR count). The van der Waals surface area contributed by atoms with E-state index in [1.807, 2.05) is 0 Å². The fourth-order valence-corrected chi connectivity index (χ4v) is 103. The first kappa shape index (κ1) is 19.6. The summed E-state index contributed by atoms with van der Waals surface area (Å²) in [4.78, 5) is 13.0. The predicted octanol–water partition coefficient (Wildman–Crippen LogP) is 5.61. The van der Waals surface area contributed by atoms with Gasteiger partial charge in [-0.3, -0.25) is 4.79 Å². The molecule has 0 aromatic carbocycles. The Hall–Kier alpha value is 0.278. The van der Waals surface area contributed by atoms with Crippen LogP contribution in [0.4, 0.5) is 0 Å². The molecule has 2 bridgehead atoms. The quantitative estimate of drug-likeness (QED) is 0.565. The number of fused-ring (bicyclic) bond motifs is 2. The summed E-state index contributed by atoms with van der Waals surface area (Å²) in [6.07, 6.45) is 6.03. The highest BCUT2D eigenvalue weighted by Gasteiger charge is 2.61. The molecule has 0 aliphatic heterocycles. The third-order valence-electron chi connectivity index (χ3n) is 6.89. The molecule has 0 heterocycles. The van der Waals surface area contributed by atoms with Crippen LogP contribution in [0.2, 0.25) is 65.0 Å². The summed E-state index contributed by atoms with van der Waals surface area (Å²) in [6, 6.07) is 1.25. The Labute approximate surface area is 147 Å². The zero-order chi connectivity index (χ0) is 17.8. The monoisotopic (exact) mass is 382 g/mol. The van der Waals surface area contributed by atoms with Crippen molar-refractivity contribution < 1.29 is 4.79 Å². The van der Waals surface area contributed by atoms with E-state index in [9.17, 15) is 4.79 Å². The van der Waals surface area contributed by atoms with Gasteiger partial charge in [-0.1, -0.05) is 65.0 Å². The SMILES string of the molecule is C[Si](C)(C)[Si](CC1=C[C@@H]2CC[C@@H](C2)C1=O)([Si](C)(C)C)[Si](C)(C)C. The van der Waals surface area contributed by atoms with Crippen molar-refractivity contribution in [2.75, 3.05) is 0 Å². The Balaban J connectivity index is 2.54. The van der Waals surface area contributed by atoms with Crippen LogP contribution in [-0.2, 0) is 4.79 Å². The minimum absolute atomic E-state index is 0.386. The Kier molecular flexibility index (Phi) is 5.04. The summed E-state index contributed by atoms with van der Waals surface area (Å²) in [5.41, 5.74) is 1.31. The highest BCUT2D eigenvalue weighted by Crippen LogP contribution is 2.46. The van der Waals surface area contributed by atoms with Gasteiger partial charge in [-0.25, -0.2) is 0 Å². The molecule has 0 N–H and O–H groups in total. The lowest BCUT2D eigenvalue weighted by molar-refractivity contribution is -0.119.